The average Bonchev–Trinajstić information content (AvgIpc) is 2.52. The Morgan fingerprint density at radius 3 is 2.71 bits per heavy atom. The van der Waals surface area contributed by atoms with Crippen molar-refractivity contribution in [1.82, 2.24) is 4.90 Å². The largest absolute Gasteiger partial charge is 0.393 e. The van der Waals surface area contributed by atoms with Crippen LogP contribution in [0.25, 0.3) is 0 Å². The van der Waals surface area contributed by atoms with Crippen LogP contribution in [0.2, 0.25) is 0 Å². The second kappa shape index (κ2) is 5.05. The number of nitrogens with zero attached hydrogens (tertiary/aromatic N) is 1. The minimum Gasteiger partial charge on any atom is -0.393 e. The monoisotopic (exact) mass is 216 g/mol. The van der Waals surface area contributed by atoms with Crippen molar-refractivity contribution >= 4 is 17.2 Å². The second-order valence-corrected chi connectivity index (χ2v) is 4.82. The zero-order valence-corrected chi connectivity index (χ0v) is 9.76. The Morgan fingerprint density at radius 1 is 1.64 bits per heavy atom. The number of thiocarbonyl (C=S) groups is 1. The van der Waals surface area contributed by atoms with E-state index in [2.05, 4.69) is 11.8 Å². The number of nitrogens with two attached hydrogens (primary N) is 1. The summed E-state index contributed by atoms with van der Waals surface area (Å²) >= 11 is 4.94. The number of hydrogen-bond donors (Lipinski definition) is 2. The highest BCUT2D eigenvalue weighted by atomic mass is 32.1. The van der Waals surface area contributed by atoms with Gasteiger partial charge in [0.15, 0.2) is 0 Å². The summed E-state index contributed by atoms with van der Waals surface area (Å²) in [7, 11) is 0. The molecule has 0 aromatic rings. The maximum atomic E-state index is 9.44. The van der Waals surface area contributed by atoms with Crippen molar-refractivity contribution < 1.29 is 5.11 Å². The van der Waals surface area contributed by atoms with Crippen LogP contribution in [0.5, 0.6) is 0 Å². The van der Waals surface area contributed by atoms with Crippen LogP contribution in [-0.2, 0) is 0 Å². The zero-order valence-electron chi connectivity index (χ0n) is 8.94. The Hall–Kier alpha value is -0.190. The van der Waals surface area contributed by atoms with Gasteiger partial charge < -0.3 is 15.7 Å². The first-order valence-corrected chi connectivity index (χ1v) is 5.61. The quantitative estimate of drug-likeness (QED) is 0.676. The fraction of sp³-hybridized carbons (Fsp3) is 0.900. The van der Waals surface area contributed by atoms with Gasteiger partial charge in [-0.05, 0) is 25.8 Å². The molecule has 14 heavy (non-hydrogen) atoms. The van der Waals surface area contributed by atoms with Crippen molar-refractivity contribution in [2.75, 3.05) is 19.6 Å². The lowest BCUT2D eigenvalue weighted by molar-refractivity contribution is 0.127. The minimum absolute atomic E-state index is 0.194. The van der Waals surface area contributed by atoms with Crippen molar-refractivity contribution in [3.8, 4) is 0 Å². The maximum absolute atomic E-state index is 9.44. The molecule has 82 valence electrons. The fourth-order valence-corrected chi connectivity index (χ4v) is 1.97. The summed E-state index contributed by atoms with van der Waals surface area (Å²) in [6.07, 6.45) is 0.891. The number of likely N-dealkylation sites (tertiary alicyclic amines) is 1. The number of hydrogen-bond acceptors (Lipinski definition) is 3. The SMILES string of the molecule is CC(CN1CCC(C(C)O)C1)C(N)=S. The first kappa shape index (κ1) is 11.9. The van der Waals surface area contributed by atoms with Crippen LogP contribution < -0.4 is 5.73 Å². The predicted octanol–water partition coefficient (Wildman–Crippen LogP) is 0.611. The molecule has 1 fully saturated rings. The molecule has 4 heteroatoms. The molecule has 0 spiro atoms. The highest BCUT2D eigenvalue weighted by Crippen LogP contribution is 2.20. The number of aliphatic hydroxyl groups excluding tert-OH is 1. The molecule has 1 aliphatic heterocycles. The van der Waals surface area contributed by atoms with Gasteiger partial charge in [-0.25, -0.2) is 0 Å². The van der Waals surface area contributed by atoms with Crippen LogP contribution in [0.15, 0.2) is 0 Å². The van der Waals surface area contributed by atoms with E-state index in [1.807, 2.05) is 6.92 Å². The predicted molar refractivity (Wildman–Crippen MR) is 62.2 cm³/mol. The van der Waals surface area contributed by atoms with Crippen molar-refractivity contribution in [1.29, 1.82) is 0 Å². The Kier molecular flexibility index (Phi) is 4.29. The molecule has 0 aromatic carbocycles. The van der Waals surface area contributed by atoms with Gasteiger partial charge in [-0.2, -0.15) is 0 Å². The molecule has 0 aromatic heterocycles. The molecule has 1 heterocycles. The van der Waals surface area contributed by atoms with Crippen LogP contribution in [0, 0.1) is 11.8 Å². The molecule has 0 radical (unpaired) electrons. The number of rotatable bonds is 4. The van der Waals surface area contributed by atoms with Gasteiger partial charge in [-0.15, -0.1) is 0 Å². The summed E-state index contributed by atoms with van der Waals surface area (Å²) in [6, 6.07) is 0. The van der Waals surface area contributed by atoms with E-state index in [0.29, 0.717) is 10.9 Å². The van der Waals surface area contributed by atoms with Crippen molar-refractivity contribution in [2.24, 2.45) is 17.6 Å². The second-order valence-electron chi connectivity index (χ2n) is 4.35. The molecule has 0 saturated carbocycles. The fourth-order valence-electron chi connectivity index (χ4n) is 1.90. The van der Waals surface area contributed by atoms with Crippen LogP contribution in [0.1, 0.15) is 20.3 Å². The van der Waals surface area contributed by atoms with E-state index >= 15 is 0 Å². The standard InChI is InChI=1S/C10H20N2OS/c1-7(10(11)14)5-12-4-3-9(6-12)8(2)13/h7-9,13H,3-6H2,1-2H3,(H2,11,14). The van der Waals surface area contributed by atoms with Crippen LogP contribution in [-0.4, -0.2) is 40.7 Å². The van der Waals surface area contributed by atoms with E-state index in [1.54, 1.807) is 0 Å². The molecule has 0 amide bonds. The summed E-state index contributed by atoms with van der Waals surface area (Å²) in [4.78, 5) is 2.92. The van der Waals surface area contributed by atoms with E-state index in [0.717, 1.165) is 26.1 Å². The molecule has 1 aliphatic rings. The third kappa shape index (κ3) is 3.19. The molecule has 1 rings (SSSR count). The van der Waals surface area contributed by atoms with Crippen LogP contribution in [0.3, 0.4) is 0 Å². The molecule has 3 unspecified atom stereocenters. The van der Waals surface area contributed by atoms with Gasteiger partial charge in [0.25, 0.3) is 0 Å². The molecule has 3 N–H and O–H groups in total. The van der Waals surface area contributed by atoms with Gasteiger partial charge in [-0.1, -0.05) is 19.1 Å². The highest BCUT2D eigenvalue weighted by molar-refractivity contribution is 7.80. The summed E-state index contributed by atoms with van der Waals surface area (Å²) < 4.78 is 0. The Morgan fingerprint density at radius 2 is 2.29 bits per heavy atom. The third-order valence-electron chi connectivity index (χ3n) is 3.01. The normalized spacial score (nSPS) is 27.5. The van der Waals surface area contributed by atoms with E-state index < -0.39 is 0 Å². The zero-order chi connectivity index (χ0) is 10.7. The van der Waals surface area contributed by atoms with Gasteiger partial charge in [-0.3, -0.25) is 0 Å². The van der Waals surface area contributed by atoms with E-state index in [9.17, 15) is 5.11 Å². The average molecular weight is 216 g/mol. The maximum Gasteiger partial charge on any atom is 0.0768 e. The van der Waals surface area contributed by atoms with Crippen LogP contribution in [0.4, 0.5) is 0 Å². The van der Waals surface area contributed by atoms with Crippen molar-refractivity contribution in [3.63, 3.8) is 0 Å². The lowest BCUT2D eigenvalue weighted by atomic mass is 10.0. The van der Waals surface area contributed by atoms with Crippen molar-refractivity contribution in [3.05, 3.63) is 0 Å². The topological polar surface area (TPSA) is 49.5 Å². The van der Waals surface area contributed by atoms with Gasteiger partial charge >= 0.3 is 0 Å². The lowest BCUT2D eigenvalue weighted by Gasteiger charge is -2.20. The third-order valence-corrected chi connectivity index (χ3v) is 3.41. The van der Waals surface area contributed by atoms with Crippen LogP contribution >= 0.6 is 12.2 Å². The first-order valence-electron chi connectivity index (χ1n) is 5.20. The van der Waals surface area contributed by atoms with Crippen molar-refractivity contribution in [2.45, 2.75) is 26.4 Å². The van der Waals surface area contributed by atoms with E-state index in [4.69, 9.17) is 18.0 Å². The van der Waals surface area contributed by atoms with Gasteiger partial charge in [0.05, 0.1) is 11.1 Å². The minimum atomic E-state index is -0.194. The summed E-state index contributed by atoms with van der Waals surface area (Å²) in [6.45, 7) is 6.88. The molecule has 3 atom stereocenters. The van der Waals surface area contributed by atoms with E-state index in [-0.39, 0.29) is 12.0 Å². The Balaban J connectivity index is 2.32. The smallest absolute Gasteiger partial charge is 0.0768 e. The molecule has 0 bridgehead atoms. The summed E-state index contributed by atoms with van der Waals surface area (Å²) in [5.74, 6) is 0.700. The molecule has 0 aliphatic carbocycles. The lowest BCUT2D eigenvalue weighted by Crippen LogP contribution is -2.33. The molecular weight excluding hydrogens is 196 g/mol. The first-order chi connectivity index (χ1) is 6.50. The Bertz CT molecular complexity index is 208. The van der Waals surface area contributed by atoms with Gasteiger partial charge in [0, 0.05) is 19.0 Å². The summed E-state index contributed by atoms with van der Waals surface area (Å²) in [5.41, 5.74) is 5.56. The summed E-state index contributed by atoms with van der Waals surface area (Å²) in [5, 5.41) is 9.44. The van der Waals surface area contributed by atoms with Gasteiger partial charge in [0.2, 0.25) is 0 Å². The molecular formula is C10H20N2OS. The molecule has 3 nitrogen and oxygen atoms in total. The highest BCUT2D eigenvalue weighted by Gasteiger charge is 2.26. The Labute approximate surface area is 91.3 Å². The van der Waals surface area contributed by atoms with Gasteiger partial charge in [0.1, 0.15) is 0 Å². The molecule has 1 saturated heterocycles. The number of aliphatic hydroxyl groups is 1. The van der Waals surface area contributed by atoms with E-state index in [1.165, 1.54) is 0 Å².